The monoisotopic (exact) mass is 437 g/mol. The summed E-state index contributed by atoms with van der Waals surface area (Å²) >= 11 is 1.37. The Morgan fingerprint density at radius 3 is 2.58 bits per heavy atom. The van der Waals surface area contributed by atoms with E-state index in [4.69, 9.17) is 9.47 Å². The number of nitrogens with one attached hydrogen (secondary N) is 1. The van der Waals surface area contributed by atoms with E-state index in [9.17, 15) is 9.59 Å². The Kier molecular flexibility index (Phi) is 5.90. The summed E-state index contributed by atoms with van der Waals surface area (Å²) in [6.07, 6.45) is 0.149. The van der Waals surface area contributed by atoms with Gasteiger partial charge in [-0.25, -0.2) is 4.98 Å². The highest BCUT2D eigenvalue weighted by Crippen LogP contribution is 2.34. The minimum Gasteiger partial charge on any atom is -0.493 e. The van der Waals surface area contributed by atoms with Crippen molar-refractivity contribution in [1.29, 1.82) is 0 Å². The van der Waals surface area contributed by atoms with Crippen LogP contribution < -0.4 is 19.7 Å². The minimum atomic E-state index is -0.452. The fourth-order valence-corrected chi connectivity index (χ4v) is 4.24. The summed E-state index contributed by atoms with van der Waals surface area (Å²) in [5.74, 6) is 0.354. The van der Waals surface area contributed by atoms with Gasteiger partial charge in [-0.1, -0.05) is 29.8 Å². The average Bonchev–Trinajstić information content (AvgIpc) is 3.40. The number of anilines is 2. The second kappa shape index (κ2) is 8.77. The number of methoxy groups -OCH3 is 2. The molecule has 1 atom stereocenters. The van der Waals surface area contributed by atoms with Crippen LogP contribution in [-0.4, -0.2) is 37.6 Å². The first-order valence-electron chi connectivity index (χ1n) is 9.84. The van der Waals surface area contributed by atoms with Gasteiger partial charge in [-0.2, -0.15) is 0 Å². The van der Waals surface area contributed by atoms with Crippen molar-refractivity contribution in [2.75, 3.05) is 31.0 Å². The van der Waals surface area contributed by atoms with E-state index in [0.29, 0.717) is 28.9 Å². The highest BCUT2D eigenvalue weighted by atomic mass is 32.1. The van der Waals surface area contributed by atoms with Gasteiger partial charge < -0.3 is 19.7 Å². The number of carbonyl (C=O) groups excluding carboxylic acids is 2. The van der Waals surface area contributed by atoms with E-state index in [0.717, 1.165) is 11.3 Å². The summed E-state index contributed by atoms with van der Waals surface area (Å²) in [5.41, 5.74) is 3.67. The van der Waals surface area contributed by atoms with E-state index >= 15 is 0 Å². The SMILES string of the molecule is COc1ccc(N2CC(C(=O)Nc3nc(-c4ccc(C)cc4)cs3)CC2=O)cc1OC. The van der Waals surface area contributed by atoms with Crippen molar-refractivity contribution in [2.24, 2.45) is 5.92 Å². The normalized spacial score (nSPS) is 15.8. The second-order valence-electron chi connectivity index (χ2n) is 7.34. The highest BCUT2D eigenvalue weighted by molar-refractivity contribution is 7.14. The molecule has 1 saturated heterocycles. The van der Waals surface area contributed by atoms with Crippen molar-refractivity contribution in [3.8, 4) is 22.8 Å². The summed E-state index contributed by atoms with van der Waals surface area (Å²) in [7, 11) is 3.10. The van der Waals surface area contributed by atoms with Crippen LogP contribution in [0.4, 0.5) is 10.8 Å². The van der Waals surface area contributed by atoms with Crippen LogP contribution in [-0.2, 0) is 9.59 Å². The second-order valence-corrected chi connectivity index (χ2v) is 8.20. The van der Waals surface area contributed by atoms with Gasteiger partial charge in [-0.15, -0.1) is 11.3 Å². The van der Waals surface area contributed by atoms with Gasteiger partial charge in [0.25, 0.3) is 0 Å². The lowest BCUT2D eigenvalue weighted by Crippen LogP contribution is -2.28. The summed E-state index contributed by atoms with van der Waals surface area (Å²) < 4.78 is 10.6. The molecular weight excluding hydrogens is 414 g/mol. The van der Waals surface area contributed by atoms with Gasteiger partial charge >= 0.3 is 0 Å². The van der Waals surface area contributed by atoms with Crippen molar-refractivity contribution in [3.05, 3.63) is 53.4 Å². The van der Waals surface area contributed by atoms with E-state index in [2.05, 4.69) is 10.3 Å². The van der Waals surface area contributed by atoms with Gasteiger partial charge in [-0.3, -0.25) is 9.59 Å². The average molecular weight is 438 g/mol. The molecule has 0 radical (unpaired) electrons. The molecule has 31 heavy (non-hydrogen) atoms. The van der Waals surface area contributed by atoms with E-state index in [1.807, 2.05) is 36.6 Å². The zero-order chi connectivity index (χ0) is 22.0. The molecule has 1 aromatic heterocycles. The van der Waals surface area contributed by atoms with E-state index in [1.54, 1.807) is 37.3 Å². The third kappa shape index (κ3) is 4.39. The first kappa shape index (κ1) is 20.9. The van der Waals surface area contributed by atoms with E-state index in [1.165, 1.54) is 16.9 Å². The number of aryl methyl sites for hydroxylation is 1. The zero-order valence-electron chi connectivity index (χ0n) is 17.5. The topological polar surface area (TPSA) is 80.8 Å². The maximum Gasteiger partial charge on any atom is 0.231 e. The molecule has 1 aliphatic heterocycles. The Labute approximate surface area is 184 Å². The van der Waals surface area contributed by atoms with Crippen LogP contribution in [0, 0.1) is 12.8 Å². The predicted octanol–water partition coefficient (Wildman–Crippen LogP) is 4.13. The third-order valence-corrected chi connectivity index (χ3v) is 6.01. The number of aromatic nitrogens is 1. The first-order valence-corrected chi connectivity index (χ1v) is 10.7. The molecule has 8 heteroatoms. The van der Waals surface area contributed by atoms with Crippen molar-refractivity contribution in [2.45, 2.75) is 13.3 Å². The Hall–Kier alpha value is -3.39. The van der Waals surface area contributed by atoms with Gasteiger partial charge in [0.2, 0.25) is 11.8 Å². The molecular formula is C23H23N3O4S. The molecule has 3 aromatic rings. The number of nitrogens with zero attached hydrogens (tertiary/aromatic N) is 2. The van der Waals surface area contributed by atoms with Gasteiger partial charge in [0.15, 0.2) is 16.6 Å². The lowest BCUT2D eigenvalue weighted by Gasteiger charge is -2.18. The third-order valence-electron chi connectivity index (χ3n) is 5.26. The molecule has 0 aliphatic carbocycles. The molecule has 1 fully saturated rings. The maximum atomic E-state index is 12.8. The van der Waals surface area contributed by atoms with Gasteiger partial charge in [0, 0.05) is 35.7 Å². The number of benzene rings is 2. The predicted molar refractivity (Wildman–Crippen MR) is 121 cm³/mol. The van der Waals surface area contributed by atoms with E-state index in [-0.39, 0.29) is 18.2 Å². The van der Waals surface area contributed by atoms with Gasteiger partial charge in [0.05, 0.1) is 25.8 Å². The van der Waals surface area contributed by atoms with Crippen LogP contribution in [0.25, 0.3) is 11.3 Å². The lowest BCUT2D eigenvalue weighted by molar-refractivity contribution is -0.122. The smallest absolute Gasteiger partial charge is 0.231 e. The molecule has 0 spiro atoms. The molecule has 160 valence electrons. The van der Waals surface area contributed by atoms with Crippen LogP contribution in [0.1, 0.15) is 12.0 Å². The summed E-state index contributed by atoms with van der Waals surface area (Å²) in [5, 5.41) is 5.30. The van der Waals surface area contributed by atoms with Crippen LogP contribution in [0.2, 0.25) is 0 Å². The number of hydrogen-bond acceptors (Lipinski definition) is 6. The fraction of sp³-hybridized carbons (Fsp3) is 0.261. The Balaban J connectivity index is 1.44. The number of thiazole rings is 1. The number of amides is 2. The highest BCUT2D eigenvalue weighted by Gasteiger charge is 2.35. The quantitative estimate of drug-likeness (QED) is 0.627. The minimum absolute atomic E-state index is 0.105. The molecule has 2 heterocycles. The molecule has 7 nitrogen and oxygen atoms in total. The molecule has 4 rings (SSSR count). The Morgan fingerprint density at radius 1 is 1.13 bits per heavy atom. The largest absolute Gasteiger partial charge is 0.493 e. The van der Waals surface area contributed by atoms with Crippen molar-refractivity contribution < 1.29 is 19.1 Å². The molecule has 2 amide bonds. The van der Waals surface area contributed by atoms with Crippen LogP contribution in [0.15, 0.2) is 47.8 Å². The van der Waals surface area contributed by atoms with Crippen molar-refractivity contribution >= 4 is 34.0 Å². The molecule has 0 bridgehead atoms. The van der Waals surface area contributed by atoms with Crippen LogP contribution in [0.3, 0.4) is 0 Å². The molecule has 1 unspecified atom stereocenters. The van der Waals surface area contributed by atoms with Crippen molar-refractivity contribution in [1.82, 2.24) is 4.98 Å². The van der Waals surface area contributed by atoms with Crippen LogP contribution >= 0.6 is 11.3 Å². The number of rotatable bonds is 6. The summed E-state index contributed by atoms with van der Waals surface area (Å²) in [6, 6.07) is 13.3. The summed E-state index contributed by atoms with van der Waals surface area (Å²) in [4.78, 5) is 31.5. The number of hydrogen-bond donors (Lipinski definition) is 1. The van der Waals surface area contributed by atoms with Gasteiger partial charge in [-0.05, 0) is 19.1 Å². The zero-order valence-corrected chi connectivity index (χ0v) is 18.4. The van der Waals surface area contributed by atoms with Crippen LogP contribution in [0.5, 0.6) is 11.5 Å². The van der Waals surface area contributed by atoms with Gasteiger partial charge in [0.1, 0.15) is 0 Å². The Bertz CT molecular complexity index is 1110. The maximum absolute atomic E-state index is 12.8. The number of ether oxygens (including phenoxy) is 2. The first-order chi connectivity index (χ1) is 15.0. The molecule has 0 saturated carbocycles. The fourth-order valence-electron chi connectivity index (χ4n) is 3.52. The van der Waals surface area contributed by atoms with Crippen molar-refractivity contribution in [3.63, 3.8) is 0 Å². The lowest BCUT2D eigenvalue weighted by atomic mass is 10.1. The molecule has 1 N–H and O–H groups in total. The number of carbonyl (C=O) groups is 2. The summed E-state index contributed by atoms with van der Waals surface area (Å²) in [6.45, 7) is 2.33. The van der Waals surface area contributed by atoms with E-state index < -0.39 is 5.92 Å². The molecule has 1 aliphatic rings. The standard InChI is InChI=1S/C23H23N3O4S/c1-14-4-6-15(7-5-14)18-13-31-23(24-18)25-22(28)16-10-21(27)26(12-16)17-8-9-19(29-2)20(11-17)30-3/h4-9,11,13,16H,10,12H2,1-3H3,(H,24,25,28). The molecule has 2 aromatic carbocycles. The Morgan fingerprint density at radius 2 is 1.87 bits per heavy atom.